The molecule has 3 N–H and O–H groups in total. The first-order chi connectivity index (χ1) is 9.56. The number of amides is 1. The lowest BCUT2D eigenvalue weighted by Gasteiger charge is -2.33. The predicted molar refractivity (Wildman–Crippen MR) is 82.2 cm³/mol. The molecule has 110 valence electrons. The maximum atomic E-state index is 12.2. The molecule has 0 bridgehead atoms. The lowest BCUT2D eigenvalue weighted by atomic mass is 9.80. The third kappa shape index (κ3) is 4.07. The Balaban J connectivity index is 1.85. The van der Waals surface area contributed by atoms with Gasteiger partial charge in [-0.3, -0.25) is 4.79 Å². The molecule has 1 aliphatic carbocycles. The van der Waals surface area contributed by atoms with Gasteiger partial charge in [-0.05, 0) is 43.1 Å². The number of nitrogens with one attached hydrogen (secondary N) is 1. The van der Waals surface area contributed by atoms with E-state index in [0.717, 1.165) is 17.9 Å². The van der Waals surface area contributed by atoms with Crippen LogP contribution < -0.4 is 11.1 Å². The van der Waals surface area contributed by atoms with Gasteiger partial charge in [0.25, 0.3) is 0 Å². The Morgan fingerprint density at radius 3 is 2.65 bits per heavy atom. The lowest BCUT2D eigenvalue weighted by molar-refractivity contribution is -0.123. The van der Waals surface area contributed by atoms with Crippen LogP contribution in [0.15, 0.2) is 30.3 Å². The first kappa shape index (κ1) is 15.0. The molecular weight excluding hydrogens is 248 g/mol. The van der Waals surface area contributed by atoms with Crippen LogP contribution in [0.3, 0.4) is 0 Å². The van der Waals surface area contributed by atoms with Gasteiger partial charge >= 0.3 is 0 Å². The van der Waals surface area contributed by atoms with E-state index in [2.05, 4.69) is 19.2 Å². The van der Waals surface area contributed by atoms with Crippen LogP contribution in [0.5, 0.6) is 0 Å². The molecule has 1 aliphatic rings. The van der Waals surface area contributed by atoms with E-state index >= 15 is 0 Å². The summed E-state index contributed by atoms with van der Waals surface area (Å²) in [5, 5.41) is 3.15. The molecule has 3 nitrogen and oxygen atoms in total. The van der Waals surface area contributed by atoms with Gasteiger partial charge in [-0.25, -0.2) is 0 Å². The van der Waals surface area contributed by atoms with Crippen molar-refractivity contribution in [3.8, 4) is 0 Å². The van der Waals surface area contributed by atoms with Crippen LogP contribution in [-0.4, -0.2) is 18.0 Å². The summed E-state index contributed by atoms with van der Waals surface area (Å²) in [4.78, 5) is 12.2. The molecule has 3 unspecified atom stereocenters. The molecule has 1 amide bonds. The van der Waals surface area contributed by atoms with Crippen molar-refractivity contribution in [1.29, 1.82) is 0 Å². The van der Waals surface area contributed by atoms with Gasteiger partial charge in [0.05, 0.1) is 6.04 Å². The van der Waals surface area contributed by atoms with Crippen molar-refractivity contribution in [1.82, 2.24) is 5.32 Å². The molecule has 1 fully saturated rings. The fourth-order valence-corrected chi connectivity index (χ4v) is 3.13. The molecule has 0 spiro atoms. The van der Waals surface area contributed by atoms with Crippen molar-refractivity contribution in [2.24, 2.45) is 17.6 Å². The van der Waals surface area contributed by atoms with Crippen LogP contribution in [-0.2, 0) is 11.2 Å². The quantitative estimate of drug-likeness (QED) is 0.886. The monoisotopic (exact) mass is 274 g/mol. The fourth-order valence-electron chi connectivity index (χ4n) is 3.13. The summed E-state index contributed by atoms with van der Waals surface area (Å²) in [5.74, 6) is 1.31. The summed E-state index contributed by atoms with van der Waals surface area (Å²) in [5.41, 5.74) is 7.14. The average molecular weight is 274 g/mol. The molecule has 1 saturated carbocycles. The van der Waals surface area contributed by atoms with Gasteiger partial charge < -0.3 is 11.1 Å². The Hall–Kier alpha value is -1.35. The van der Waals surface area contributed by atoms with Gasteiger partial charge in [0.1, 0.15) is 0 Å². The van der Waals surface area contributed by atoms with Crippen molar-refractivity contribution in [2.75, 3.05) is 0 Å². The predicted octanol–water partition coefficient (Wildman–Crippen LogP) is 2.50. The second kappa shape index (κ2) is 6.89. The van der Waals surface area contributed by atoms with Crippen molar-refractivity contribution >= 4 is 5.91 Å². The van der Waals surface area contributed by atoms with Crippen LogP contribution in [0.4, 0.5) is 0 Å². The number of carbonyl (C=O) groups is 1. The summed E-state index contributed by atoms with van der Waals surface area (Å²) in [6.07, 6.45) is 4.07. The van der Waals surface area contributed by atoms with E-state index < -0.39 is 6.04 Å². The zero-order chi connectivity index (χ0) is 14.5. The van der Waals surface area contributed by atoms with Gasteiger partial charge in [-0.1, -0.05) is 44.2 Å². The van der Waals surface area contributed by atoms with Crippen molar-refractivity contribution < 1.29 is 4.79 Å². The van der Waals surface area contributed by atoms with Crippen LogP contribution in [0, 0.1) is 11.8 Å². The Kier molecular flexibility index (Phi) is 5.18. The van der Waals surface area contributed by atoms with Crippen LogP contribution in [0.1, 0.15) is 38.7 Å². The Morgan fingerprint density at radius 1 is 1.30 bits per heavy atom. The van der Waals surface area contributed by atoms with E-state index in [1.165, 1.54) is 12.8 Å². The maximum Gasteiger partial charge on any atom is 0.237 e. The molecule has 1 aromatic carbocycles. The number of rotatable bonds is 4. The fraction of sp³-hybridized carbons (Fsp3) is 0.588. The van der Waals surface area contributed by atoms with E-state index in [4.69, 9.17) is 5.73 Å². The number of carbonyl (C=O) groups excluding carboxylic acids is 1. The summed E-state index contributed by atoms with van der Waals surface area (Å²) in [6, 6.07) is 9.79. The Labute approximate surface area is 121 Å². The molecule has 1 aromatic rings. The van der Waals surface area contributed by atoms with E-state index in [0.29, 0.717) is 18.4 Å². The van der Waals surface area contributed by atoms with Gasteiger partial charge in [0.15, 0.2) is 0 Å². The standard InChI is InChI=1S/C17H26N2O/c1-12-8-9-16(13(2)10-12)19-17(20)15(18)11-14-6-4-3-5-7-14/h3-7,12-13,15-16H,8-11,18H2,1-2H3,(H,19,20)/t12?,13?,15-,16?/m1/s1. The summed E-state index contributed by atoms with van der Waals surface area (Å²) in [6.45, 7) is 4.51. The van der Waals surface area contributed by atoms with Crippen molar-refractivity contribution in [2.45, 2.75) is 51.6 Å². The highest BCUT2D eigenvalue weighted by molar-refractivity contribution is 5.82. The van der Waals surface area contributed by atoms with E-state index in [9.17, 15) is 4.79 Å². The zero-order valence-electron chi connectivity index (χ0n) is 12.5. The van der Waals surface area contributed by atoms with Crippen molar-refractivity contribution in [3.05, 3.63) is 35.9 Å². The first-order valence-corrected chi connectivity index (χ1v) is 7.66. The van der Waals surface area contributed by atoms with Crippen LogP contribution in [0.2, 0.25) is 0 Å². The molecule has 0 saturated heterocycles. The largest absolute Gasteiger partial charge is 0.352 e. The summed E-state index contributed by atoms with van der Waals surface area (Å²) < 4.78 is 0. The van der Waals surface area contributed by atoms with Gasteiger partial charge in [-0.2, -0.15) is 0 Å². The minimum atomic E-state index is -0.455. The molecule has 0 heterocycles. The smallest absolute Gasteiger partial charge is 0.237 e. The topological polar surface area (TPSA) is 55.1 Å². The number of hydrogen-bond donors (Lipinski definition) is 2. The minimum Gasteiger partial charge on any atom is -0.352 e. The zero-order valence-corrected chi connectivity index (χ0v) is 12.5. The van der Waals surface area contributed by atoms with Gasteiger partial charge in [-0.15, -0.1) is 0 Å². The highest BCUT2D eigenvalue weighted by atomic mass is 16.2. The van der Waals surface area contributed by atoms with Crippen LogP contribution >= 0.6 is 0 Å². The van der Waals surface area contributed by atoms with E-state index in [1.807, 2.05) is 30.3 Å². The highest BCUT2D eigenvalue weighted by Crippen LogP contribution is 2.28. The second-order valence-electron chi connectivity index (χ2n) is 6.31. The molecule has 0 aliphatic heterocycles. The normalized spacial score (nSPS) is 27.9. The molecular formula is C17H26N2O. The van der Waals surface area contributed by atoms with Crippen LogP contribution in [0.25, 0.3) is 0 Å². The maximum absolute atomic E-state index is 12.2. The molecule has 0 radical (unpaired) electrons. The average Bonchev–Trinajstić information content (AvgIpc) is 2.43. The highest BCUT2D eigenvalue weighted by Gasteiger charge is 2.27. The molecule has 20 heavy (non-hydrogen) atoms. The van der Waals surface area contributed by atoms with E-state index in [1.54, 1.807) is 0 Å². The summed E-state index contributed by atoms with van der Waals surface area (Å²) >= 11 is 0. The second-order valence-corrected chi connectivity index (χ2v) is 6.31. The molecule has 2 rings (SSSR count). The number of hydrogen-bond acceptors (Lipinski definition) is 2. The summed E-state index contributed by atoms with van der Waals surface area (Å²) in [7, 11) is 0. The third-order valence-corrected chi connectivity index (χ3v) is 4.39. The molecule has 4 atom stereocenters. The van der Waals surface area contributed by atoms with Gasteiger partial charge in [0.2, 0.25) is 5.91 Å². The minimum absolute atomic E-state index is 0.0137. The Bertz CT molecular complexity index is 432. The van der Waals surface area contributed by atoms with E-state index in [-0.39, 0.29) is 5.91 Å². The number of benzene rings is 1. The van der Waals surface area contributed by atoms with Gasteiger partial charge in [0, 0.05) is 6.04 Å². The molecule has 0 aromatic heterocycles. The molecule has 3 heteroatoms. The van der Waals surface area contributed by atoms with Crippen molar-refractivity contribution in [3.63, 3.8) is 0 Å². The SMILES string of the molecule is CC1CCC(NC(=O)[C@H](N)Cc2ccccc2)C(C)C1. The number of nitrogens with two attached hydrogens (primary N) is 1. The first-order valence-electron chi connectivity index (χ1n) is 7.66. The Morgan fingerprint density at radius 2 is 2.00 bits per heavy atom. The third-order valence-electron chi connectivity index (χ3n) is 4.39. The lowest BCUT2D eigenvalue weighted by Crippen LogP contribution is -2.49.